The summed E-state index contributed by atoms with van der Waals surface area (Å²) >= 11 is 0. The molecule has 1 aromatic carbocycles. The van der Waals surface area contributed by atoms with E-state index in [2.05, 4.69) is 11.9 Å². The van der Waals surface area contributed by atoms with E-state index in [9.17, 15) is 9.59 Å². The highest BCUT2D eigenvalue weighted by molar-refractivity contribution is 5.96. The van der Waals surface area contributed by atoms with Gasteiger partial charge in [0.1, 0.15) is 6.04 Å². The first-order chi connectivity index (χ1) is 9.08. The summed E-state index contributed by atoms with van der Waals surface area (Å²) < 4.78 is 0. The molecular formula is C15H19NO3. The van der Waals surface area contributed by atoms with Crippen LogP contribution in [-0.2, 0) is 11.2 Å². The van der Waals surface area contributed by atoms with Crippen LogP contribution < -0.4 is 5.32 Å². The summed E-state index contributed by atoms with van der Waals surface area (Å²) in [6.07, 6.45) is 3.43. The van der Waals surface area contributed by atoms with Gasteiger partial charge in [-0.05, 0) is 37.0 Å². The number of hydrogen-bond donors (Lipinski definition) is 2. The van der Waals surface area contributed by atoms with Crippen molar-refractivity contribution in [2.75, 3.05) is 0 Å². The van der Waals surface area contributed by atoms with Crippen molar-refractivity contribution in [1.82, 2.24) is 5.32 Å². The number of allylic oxidation sites excluding steroid dienone is 1. The molecule has 19 heavy (non-hydrogen) atoms. The molecule has 0 aliphatic carbocycles. The Bertz CT molecular complexity index is 451. The Morgan fingerprint density at radius 2 is 2.00 bits per heavy atom. The highest BCUT2D eigenvalue weighted by atomic mass is 16.4. The predicted molar refractivity (Wildman–Crippen MR) is 74.1 cm³/mol. The van der Waals surface area contributed by atoms with Gasteiger partial charge >= 0.3 is 5.97 Å². The fourth-order valence-electron chi connectivity index (χ4n) is 1.68. The van der Waals surface area contributed by atoms with Crippen LogP contribution in [0.15, 0.2) is 36.9 Å². The molecule has 2 N–H and O–H groups in total. The van der Waals surface area contributed by atoms with E-state index in [-0.39, 0.29) is 5.91 Å². The minimum atomic E-state index is -1.03. The quantitative estimate of drug-likeness (QED) is 0.741. The first kappa shape index (κ1) is 15.0. The standard InChI is InChI=1S/C15H19NO3/c1-3-5-6-13(15(18)19)16-14(17)12-9-7-11(4-2)8-10-12/h3,7-10,13H,1,4-6H2,2H3,(H,16,17)(H,18,19). The second-order valence-electron chi connectivity index (χ2n) is 4.28. The molecule has 1 unspecified atom stereocenters. The first-order valence-electron chi connectivity index (χ1n) is 6.32. The van der Waals surface area contributed by atoms with E-state index in [1.807, 2.05) is 19.1 Å². The van der Waals surface area contributed by atoms with Gasteiger partial charge in [0.25, 0.3) is 5.91 Å². The average molecular weight is 261 g/mol. The normalized spacial score (nSPS) is 11.6. The van der Waals surface area contributed by atoms with Crippen LogP contribution in [0.1, 0.15) is 35.7 Å². The van der Waals surface area contributed by atoms with Crippen LogP contribution in [0.5, 0.6) is 0 Å². The van der Waals surface area contributed by atoms with Crippen molar-refractivity contribution in [2.45, 2.75) is 32.2 Å². The monoisotopic (exact) mass is 261 g/mol. The molecule has 0 aliphatic heterocycles. The number of aliphatic carboxylic acids is 1. The summed E-state index contributed by atoms with van der Waals surface area (Å²) in [5.74, 6) is -1.39. The third kappa shape index (κ3) is 4.58. The maximum Gasteiger partial charge on any atom is 0.326 e. The maximum atomic E-state index is 11.9. The molecule has 0 fully saturated rings. The molecule has 0 spiro atoms. The number of carbonyl (C=O) groups is 2. The first-order valence-corrected chi connectivity index (χ1v) is 6.32. The Morgan fingerprint density at radius 3 is 2.47 bits per heavy atom. The van der Waals surface area contributed by atoms with Crippen LogP contribution in [0.4, 0.5) is 0 Å². The Kier molecular flexibility index (Phi) is 5.79. The molecule has 0 aromatic heterocycles. The zero-order valence-corrected chi connectivity index (χ0v) is 11.1. The van der Waals surface area contributed by atoms with Gasteiger partial charge in [0.2, 0.25) is 0 Å². The van der Waals surface area contributed by atoms with Crippen molar-refractivity contribution in [3.05, 3.63) is 48.0 Å². The fourth-order valence-corrected chi connectivity index (χ4v) is 1.68. The predicted octanol–water partition coefficient (Wildman–Crippen LogP) is 2.40. The number of carbonyl (C=O) groups excluding carboxylic acids is 1. The molecule has 102 valence electrons. The lowest BCUT2D eigenvalue weighted by Gasteiger charge is -2.13. The maximum absolute atomic E-state index is 11.9. The number of amides is 1. The number of nitrogens with one attached hydrogen (secondary N) is 1. The molecule has 0 radical (unpaired) electrons. The smallest absolute Gasteiger partial charge is 0.326 e. The molecule has 0 heterocycles. The lowest BCUT2D eigenvalue weighted by Crippen LogP contribution is -2.40. The Balaban J connectivity index is 2.69. The van der Waals surface area contributed by atoms with Crippen molar-refractivity contribution in [3.63, 3.8) is 0 Å². The van der Waals surface area contributed by atoms with Crippen molar-refractivity contribution in [1.29, 1.82) is 0 Å². The summed E-state index contributed by atoms with van der Waals surface area (Å²) in [5, 5.41) is 11.5. The molecule has 0 saturated carbocycles. The van der Waals surface area contributed by atoms with Gasteiger partial charge in [0.05, 0.1) is 0 Å². The SMILES string of the molecule is C=CCCC(NC(=O)c1ccc(CC)cc1)C(=O)O. The summed E-state index contributed by atoms with van der Waals surface area (Å²) in [6.45, 7) is 5.58. The van der Waals surface area contributed by atoms with E-state index < -0.39 is 12.0 Å². The lowest BCUT2D eigenvalue weighted by molar-refractivity contribution is -0.139. The van der Waals surface area contributed by atoms with Crippen molar-refractivity contribution in [2.24, 2.45) is 0 Å². The fraction of sp³-hybridized carbons (Fsp3) is 0.333. The van der Waals surface area contributed by atoms with Crippen molar-refractivity contribution >= 4 is 11.9 Å². The third-order valence-corrected chi connectivity index (χ3v) is 2.89. The summed E-state index contributed by atoms with van der Waals surface area (Å²) in [7, 11) is 0. The third-order valence-electron chi connectivity index (χ3n) is 2.89. The molecule has 4 nitrogen and oxygen atoms in total. The Hall–Kier alpha value is -2.10. The van der Waals surface area contributed by atoms with E-state index in [1.54, 1.807) is 18.2 Å². The van der Waals surface area contributed by atoms with Crippen LogP contribution in [0.2, 0.25) is 0 Å². The van der Waals surface area contributed by atoms with Crippen LogP contribution in [0.3, 0.4) is 0 Å². The van der Waals surface area contributed by atoms with Crippen LogP contribution >= 0.6 is 0 Å². The Labute approximate surface area is 113 Å². The molecule has 4 heteroatoms. The number of benzene rings is 1. The lowest BCUT2D eigenvalue weighted by atomic mass is 10.1. The van der Waals surface area contributed by atoms with E-state index in [0.29, 0.717) is 18.4 Å². The minimum absolute atomic E-state index is 0.345. The molecule has 1 amide bonds. The second-order valence-corrected chi connectivity index (χ2v) is 4.28. The average Bonchev–Trinajstić information content (AvgIpc) is 2.43. The largest absolute Gasteiger partial charge is 0.480 e. The van der Waals surface area contributed by atoms with Crippen LogP contribution in [-0.4, -0.2) is 23.0 Å². The summed E-state index contributed by atoms with van der Waals surface area (Å²) in [6, 6.07) is 6.28. The zero-order chi connectivity index (χ0) is 14.3. The number of hydrogen-bond acceptors (Lipinski definition) is 2. The van der Waals surface area contributed by atoms with Crippen molar-refractivity contribution in [3.8, 4) is 0 Å². The van der Waals surface area contributed by atoms with Gasteiger partial charge in [0, 0.05) is 5.56 Å². The highest BCUT2D eigenvalue weighted by Gasteiger charge is 2.19. The molecule has 0 aliphatic rings. The van der Waals surface area contributed by atoms with Crippen LogP contribution in [0, 0.1) is 0 Å². The van der Waals surface area contributed by atoms with Gasteiger partial charge in [-0.3, -0.25) is 4.79 Å². The Morgan fingerprint density at radius 1 is 1.37 bits per heavy atom. The minimum Gasteiger partial charge on any atom is -0.480 e. The highest BCUT2D eigenvalue weighted by Crippen LogP contribution is 2.06. The zero-order valence-electron chi connectivity index (χ0n) is 11.1. The molecule has 1 atom stereocenters. The van der Waals surface area contributed by atoms with E-state index in [1.165, 1.54) is 0 Å². The topological polar surface area (TPSA) is 66.4 Å². The summed E-state index contributed by atoms with van der Waals surface area (Å²) in [5.41, 5.74) is 1.61. The molecule has 0 saturated heterocycles. The second kappa shape index (κ2) is 7.36. The van der Waals surface area contributed by atoms with Crippen molar-refractivity contribution < 1.29 is 14.7 Å². The number of carboxylic acid groups (broad SMARTS) is 1. The van der Waals surface area contributed by atoms with Gasteiger partial charge in [0.15, 0.2) is 0 Å². The molecule has 1 aromatic rings. The van der Waals surface area contributed by atoms with E-state index in [0.717, 1.165) is 12.0 Å². The summed E-state index contributed by atoms with van der Waals surface area (Å²) in [4.78, 5) is 22.9. The van der Waals surface area contributed by atoms with Gasteiger partial charge in [-0.25, -0.2) is 4.79 Å². The number of rotatable bonds is 7. The molecule has 1 rings (SSSR count). The molecule has 0 bridgehead atoms. The van der Waals surface area contributed by atoms with Gasteiger partial charge in [-0.1, -0.05) is 25.1 Å². The molecular weight excluding hydrogens is 242 g/mol. The van der Waals surface area contributed by atoms with Gasteiger partial charge < -0.3 is 10.4 Å². The van der Waals surface area contributed by atoms with Gasteiger partial charge in [-0.2, -0.15) is 0 Å². The van der Waals surface area contributed by atoms with E-state index >= 15 is 0 Å². The number of carboxylic acids is 1. The van der Waals surface area contributed by atoms with Crippen LogP contribution in [0.25, 0.3) is 0 Å². The van der Waals surface area contributed by atoms with Gasteiger partial charge in [-0.15, -0.1) is 6.58 Å². The number of aryl methyl sites for hydroxylation is 1. The van der Waals surface area contributed by atoms with E-state index in [4.69, 9.17) is 5.11 Å².